The molecule has 2 nitrogen and oxygen atoms in total. The standard InChI is InChI=1S/C17H17ClN2S/c18-12-8-9-14(17(19)21)16(10-12)20-15-7-3-5-11-4-1-2-6-13(11)15/h1-2,4,6,8-10,15,20H,3,5,7H2,(H2,19,21). The van der Waals surface area contributed by atoms with Gasteiger partial charge >= 0.3 is 0 Å². The number of hydrogen-bond donors (Lipinski definition) is 2. The Morgan fingerprint density at radius 3 is 2.86 bits per heavy atom. The molecule has 2 aromatic rings. The van der Waals surface area contributed by atoms with Crippen molar-refractivity contribution in [3.8, 4) is 0 Å². The van der Waals surface area contributed by atoms with Crippen LogP contribution in [0.25, 0.3) is 0 Å². The molecule has 2 aromatic carbocycles. The zero-order valence-corrected chi connectivity index (χ0v) is 13.2. The minimum Gasteiger partial charge on any atom is -0.389 e. The van der Waals surface area contributed by atoms with Crippen molar-refractivity contribution in [3.63, 3.8) is 0 Å². The quantitative estimate of drug-likeness (QED) is 0.821. The summed E-state index contributed by atoms with van der Waals surface area (Å²) in [5.41, 5.74) is 10.3. The van der Waals surface area contributed by atoms with E-state index in [1.54, 1.807) is 0 Å². The molecule has 108 valence electrons. The SMILES string of the molecule is NC(=S)c1ccc(Cl)cc1NC1CCCc2ccccc21. The maximum absolute atomic E-state index is 6.12. The lowest BCUT2D eigenvalue weighted by atomic mass is 9.87. The number of rotatable bonds is 3. The molecule has 0 bridgehead atoms. The van der Waals surface area contributed by atoms with Gasteiger partial charge in [-0.05, 0) is 48.6 Å². The summed E-state index contributed by atoms with van der Waals surface area (Å²) in [5.74, 6) is 0. The van der Waals surface area contributed by atoms with Crippen LogP contribution >= 0.6 is 23.8 Å². The summed E-state index contributed by atoms with van der Waals surface area (Å²) < 4.78 is 0. The summed E-state index contributed by atoms with van der Waals surface area (Å²) >= 11 is 11.2. The summed E-state index contributed by atoms with van der Waals surface area (Å²) in [6.45, 7) is 0. The summed E-state index contributed by atoms with van der Waals surface area (Å²) in [4.78, 5) is 0.387. The van der Waals surface area contributed by atoms with Gasteiger partial charge in [0.2, 0.25) is 0 Å². The van der Waals surface area contributed by atoms with Crippen molar-refractivity contribution in [1.82, 2.24) is 0 Å². The fourth-order valence-corrected chi connectivity index (χ4v) is 3.29. The third-order valence-corrected chi connectivity index (χ3v) is 4.40. The zero-order chi connectivity index (χ0) is 14.8. The Morgan fingerprint density at radius 1 is 1.24 bits per heavy atom. The molecule has 0 fully saturated rings. The second-order valence-corrected chi connectivity index (χ2v) is 6.22. The van der Waals surface area contributed by atoms with Gasteiger partial charge in [0, 0.05) is 16.3 Å². The van der Waals surface area contributed by atoms with E-state index in [-0.39, 0.29) is 6.04 Å². The number of thiocarbonyl (C=S) groups is 1. The predicted octanol–water partition coefficient (Wildman–Crippen LogP) is 4.46. The fourth-order valence-electron chi connectivity index (χ4n) is 2.94. The monoisotopic (exact) mass is 316 g/mol. The van der Waals surface area contributed by atoms with Gasteiger partial charge < -0.3 is 11.1 Å². The molecule has 0 heterocycles. The van der Waals surface area contributed by atoms with Crippen LogP contribution in [0.4, 0.5) is 5.69 Å². The molecule has 1 atom stereocenters. The molecule has 0 aliphatic heterocycles. The number of aryl methyl sites for hydroxylation is 1. The summed E-state index contributed by atoms with van der Waals surface area (Å²) in [6, 6.07) is 14.4. The van der Waals surface area contributed by atoms with Crippen molar-refractivity contribution in [2.24, 2.45) is 5.73 Å². The largest absolute Gasteiger partial charge is 0.389 e. The number of nitrogens with one attached hydrogen (secondary N) is 1. The molecule has 0 saturated heterocycles. The van der Waals surface area contributed by atoms with Gasteiger partial charge in [0.1, 0.15) is 4.99 Å². The molecule has 4 heteroatoms. The van der Waals surface area contributed by atoms with Gasteiger partial charge in [0.05, 0.1) is 6.04 Å². The van der Waals surface area contributed by atoms with Crippen LogP contribution in [0.15, 0.2) is 42.5 Å². The Bertz CT molecular complexity index is 684. The highest BCUT2D eigenvalue weighted by molar-refractivity contribution is 7.80. The van der Waals surface area contributed by atoms with E-state index in [0.717, 1.165) is 24.1 Å². The number of hydrogen-bond acceptors (Lipinski definition) is 2. The summed E-state index contributed by atoms with van der Waals surface area (Å²) in [6.07, 6.45) is 3.42. The van der Waals surface area contributed by atoms with Gasteiger partial charge in [-0.2, -0.15) is 0 Å². The molecule has 0 saturated carbocycles. The Labute approximate surface area is 135 Å². The molecular formula is C17H17ClN2S. The third kappa shape index (κ3) is 3.04. The molecule has 0 aromatic heterocycles. The van der Waals surface area contributed by atoms with E-state index in [1.807, 2.05) is 18.2 Å². The van der Waals surface area contributed by atoms with E-state index in [2.05, 4.69) is 29.6 Å². The first-order valence-corrected chi connectivity index (χ1v) is 7.87. The minimum atomic E-state index is 0.279. The average molecular weight is 317 g/mol. The first-order valence-electron chi connectivity index (χ1n) is 7.09. The smallest absolute Gasteiger partial charge is 0.106 e. The van der Waals surface area contributed by atoms with Gasteiger partial charge in [-0.3, -0.25) is 0 Å². The number of benzene rings is 2. The van der Waals surface area contributed by atoms with Crippen molar-refractivity contribution >= 4 is 34.5 Å². The molecule has 1 unspecified atom stereocenters. The van der Waals surface area contributed by atoms with Crippen LogP contribution in [0.5, 0.6) is 0 Å². The van der Waals surface area contributed by atoms with Gasteiger partial charge in [-0.25, -0.2) is 0 Å². The van der Waals surface area contributed by atoms with E-state index in [4.69, 9.17) is 29.6 Å². The molecular weight excluding hydrogens is 300 g/mol. The molecule has 0 amide bonds. The Morgan fingerprint density at radius 2 is 2.05 bits per heavy atom. The van der Waals surface area contributed by atoms with Crippen LogP contribution in [-0.4, -0.2) is 4.99 Å². The zero-order valence-electron chi connectivity index (χ0n) is 11.6. The lowest BCUT2D eigenvalue weighted by Gasteiger charge is -2.28. The average Bonchev–Trinajstić information content (AvgIpc) is 2.47. The van der Waals surface area contributed by atoms with Crippen LogP contribution in [0.3, 0.4) is 0 Å². The highest BCUT2D eigenvalue weighted by atomic mass is 35.5. The first-order chi connectivity index (χ1) is 10.1. The summed E-state index contributed by atoms with van der Waals surface area (Å²) in [7, 11) is 0. The van der Waals surface area contributed by atoms with Crippen LogP contribution in [-0.2, 0) is 6.42 Å². The maximum atomic E-state index is 6.12. The van der Waals surface area contributed by atoms with Crippen LogP contribution in [0, 0.1) is 0 Å². The molecule has 0 radical (unpaired) electrons. The highest BCUT2D eigenvalue weighted by Gasteiger charge is 2.20. The number of halogens is 1. The van der Waals surface area contributed by atoms with E-state index in [9.17, 15) is 0 Å². The van der Waals surface area contributed by atoms with Crippen molar-refractivity contribution < 1.29 is 0 Å². The van der Waals surface area contributed by atoms with Crippen molar-refractivity contribution in [2.45, 2.75) is 25.3 Å². The second-order valence-electron chi connectivity index (χ2n) is 5.34. The fraction of sp³-hybridized carbons (Fsp3) is 0.235. The molecule has 1 aliphatic rings. The Kier molecular flexibility index (Phi) is 4.13. The topological polar surface area (TPSA) is 38.0 Å². The lowest BCUT2D eigenvalue weighted by molar-refractivity contribution is 0.600. The van der Waals surface area contributed by atoms with Crippen LogP contribution in [0.2, 0.25) is 5.02 Å². The van der Waals surface area contributed by atoms with E-state index in [1.165, 1.54) is 17.5 Å². The van der Waals surface area contributed by atoms with Crippen molar-refractivity contribution in [1.29, 1.82) is 0 Å². The lowest BCUT2D eigenvalue weighted by Crippen LogP contribution is -2.20. The maximum Gasteiger partial charge on any atom is 0.106 e. The Hall–Kier alpha value is -1.58. The molecule has 3 rings (SSSR count). The molecule has 21 heavy (non-hydrogen) atoms. The van der Waals surface area contributed by atoms with E-state index >= 15 is 0 Å². The van der Waals surface area contributed by atoms with Crippen LogP contribution in [0.1, 0.15) is 35.6 Å². The number of fused-ring (bicyclic) bond motifs is 1. The number of anilines is 1. The molecule has 0 spiro atoms. The summed E-state index contributed by atoms with van der Waals surface area (Å²) in [5, 5.41) is 4.26. The van der Waals surface area contributed by atoms with Gasteiger partial charge in [-0.1, -0.05) is 48.1 Å². The van der Waals surface area contributed by atoms with Gasteiger partial charge in [0.15, 0.2) is 0 Å². The first kappa shape index (κ1) is 14.4. The Balaban J connectivity index is 1.95. The molecule has 1 aliphatic carbocycles. The highest BCUT2D eigenvalue weighted by Crippen LogP contribution is 2.34. The normalized spacial score (nSPS) is 17.1. The predicted molar refractivity (Wildman–Crippen MR) is 93.1 cm³/mol. The van der Waals surface area contributed by atoms with E-state index in [0.29, 0.717) is 10.0 Å². The number of nitrogens with two attached hydrogens (primary N) is 1. The van der Waals surface area contributed by atoms with Gasteiger partial charge in [-0.15, -0.1) is 0 Å². The van der Waals surface area contributed by atoms with Crippen molar-refractivity contribution in [2.75, 3.05) is 5.32 Å². The minimum absolute atomic E-state index is 0.279. The van der Waals surface area contributed by atoms with Gasteiger partial charge in [0.25, 0.3) is 0 Å². The van der Waals surface area contributed by atoms with E-state index < -0.39 is 0 Å². The molecule has 3 N–H and O–H groups in total. The third-order valence-electron chi connectivity index (χ3n) is 3.95. The van der Waals surface area contributed by atoms with Crippen molar-refractivity contribution in [3.05, 3.63) is 64.2 Å². The second kappa shape index (κ2) is 6.04. The van der Waals surface area contributed by atoms with Crippen LogP contribution < -0.4 is 11.1 Å².